The molecule has 0 unspecified atom stereocenters. The lowest BCUT2D eigenvalue weighted by molar-refractivity contribution is 0.626. The van der Waals surface area contributed by atoms with E-state index in [2.05, 4.69) is 10.6 Å². The topological polar surface area (TPSA) is 24.1 Å². The minimum atomic E-state index is -0.240. The summed E-state index contributed by atoms with van der Waals surface area (Å²) in [5.74, 6) is -0.240. The molecule has 110 valence electrons. The van der Waals surface area contributed by atoms with E-state index in [1.54, 1.807) is 12.1 Å². The van der Waals surface area contributed by atoms with Gasteiger partial charge >= 0.3 is 0 Å². The van der Waals surface area contributed by atoms with Crippen molar-refractivity contribution in [3.63, 3.8) is 0 Å². The summed E-state index contributed by atoms with van der Waals surface area (Å²) in [4.78, 5) is 0. The summed E-state index contributed by atoms with van der Waals surface area (Å²) >= 11 is 11.1. The first-order valence-electron chi connectivity index (χ1n) is 6.59. The van der Waals surface area contributed by atoms with Gasteiger partial charge in [-0.05, 0) is 54.5 Å². The minimum Gasteiger partial charge on any atom is -0.359 e. The van der Waals surface area contributed by atoms with Crippen LogP contribution in [0.25, 0.3) is 0 Å². The van der Waals surface area contributed by atoms with Crippen LogP contribution in [0.2, 0.25) is 5.02 Å². The third-order valence-electron chi connectivity index (χ3n) is 3.08. The van der Waals surface area contributed by atoms with E-state index < -0.39 is 0 Å². The average molecular weight is 323 g/mol. The van der Waals surface area contributed by atoms with E-state index in [-0.39, 0.29) is 11.9 Å². The van der Waals surface area contributed by atoms with Crippen molar-refractivity contribution < 1.29 is 4.39 Å². The molecule has 1 atom stereocenters. The molecular weight excluding hydrogens is 307 g/mol. The van der Waals surface area contributed by atoms with E-state index in [0.717, 1.165) is 11.1 Å². The minimum absolute atomic E-state index is 0.0792. The molecule has 2 rings (SSSR count). The van der Waals surface area contributed by atoms with Gasteiger partial charge in [0.15, 0.2) is 5.11 Å². The highest BCUT2D eigenvalue weighted by molar-refractivity contribution is 7.80. The van der Waals surface area contributed by atoms with Crippen LogP contribution < -0.4 is 10.6 Å². The molecule has 0 bridgehead atoms. The second kappa shape index (κ2) is 7.38. The molecule has 2 nitrogen and oxygen atoms in total. The summed E-state index contributed by atoms with van der Waals surface area (Å²) in [6, 6.07) is 14.0. The molecule has 2 N–H and O–H groups in total. The predicted molar refractivity (Wildman–Crippen MR) is 88.8 cm³/mol. The van der Waals surface area contributed by atoms with Crippen LogP contribution in [0.3, 0.4) is 0 Å². The van der Waals surface area contributed by atoms with Gasteiger partial charge in [-0.3, -0.25) is 0 Å². The number of halogens is 2. The van der Waals surface area contributed by atoms with Crippen LogP contribution in [0.5, 0.6) is 0 Å². The van der Waals surface area contributed by atoms with Crippen LogP contribution in [-0.2, 0) is 6.54 Å². The van der Waals surface area contributed by atoms with Gasteiger partial charge in [0.05, 0.1) is 6.04 Å². The SMILES string of the molecule is C[C@H](NC(=S)NCc1ccc(F)cc1)c1ccc(Cl)cc1. The first kappa shape index (κ1) is 15.7. The summed E-state index contributed by atoms with van der Waals surface area (Å²) in [5.41, 5.74) is 2.07. The van der Waals surface area contributed by atoms with Gasteiger partial charge in [-0.15, -0.1) is 0 Å². The Bertz CT molecular complexity index is 599. The molecule has 0 radical (unpaired) electrons. The zero-order valence-electron chi connectivity index (χ0n) is 11.6. The maximum Gasteiger partial charge on any atom is 0.167 e. The lowest BCUT2D eigenvalue weighted by atomic mass is 10.1. The third-order valence-corrected chi connectivity index (χ3v) is 3.60. The molecule has 0 heterocycles. The molecule has 21 heavy (non-hydrogen) atoms. The molecule has 5 heteroatoms. The Morgan fingerprint density at radius 1 is 1.14 bits per heavy atom. The molecule has 2 aromatic rings. The first-order valence-corrected chi connectivity index (χ1v) is 7.37. The van der Waals surface area contributed by atoms with Crippen molar-refractivity contribution in [2.24, 2.45) is 0 Å². The van der Waals surface area contributed by atoms with Gasteiger partial charge in [0.25, 0.3) is 0 Å². The molecule has 0 aliphatic rings. The number of benzene rings is 2. The van der Waals surface area contributed by atoms with Crippen LogP contribution >= 0.6 is 23.8 Å². The predicted octanol–water partition coefficient (Wildman–Crippen LogP) is 4.20. The molecule has 0 saturated carbocycles. The summed E-state index contributed by atoms with van der Waals surface area (Å²) in [6.45, 7) is 2.58. The largest absolute Gasteiger partial charge is 0.359 e. The van der Waals surface area contributed by atoms with Crippen LogP contribution in [0, 0.1) is 5.82 Å². The average Bonchev–Trinajstić information content (AvgIpc) is 2.47. The smallest absolute Gasteiger partial charge is 0.167 e. The molecule has 0 saturated heterocycles. The van der Waals surface area contributed by atoms with Crippen molar-refractivity contribution in [3.05, 3.63) is 70.5 Å². The van der Waals surface area contributed by atoms with Crippen LogP contribution in [-0.4, -0.2) is 5.11 Å². The van der Waals surface area contributed by atoms with Gasteiger partial charge < -0.3 is 10.6 Å². The van der Waals surface area contributed by atoms with Gasteiger partial charge in [-0.25, -0.2) is 4.39 Å². The molecule has 2 aromatic carbocycles. The van der Waals surface area contributed by atoms with Gasteiger partial charge in [0, 0.05) is 11.6 Å². The maximum atomic E-state index is 12.8. The van der Waals surface area contributed by atoms with Crippen LogP contribution in [0.1, 0.15) is 24.1 Å². The molecule has 0 aliphatic heterocycles. The standard InChI is InChI=1S/C16H16ClFN2S/c1-11(13-4-6-14(17)7-5-13)20-16(21)19-10-12-2-8-15(18)9-3-12/h2-9,11H,10H2,1H3,(H2,19,20,21)/t11-/m0/s1. The van der Waals surface area contributed by atoms with Crippen molar-refractivity contribution in [1.29, 1.82) is 0 Å². The van der Waals surface area contributed by atoms with Crippen molar-refractivity contribution in [2.75, 3.05) is 0 Å². The monoisotopic (exact) mass is 322 g/mol. The Morgan fingerprint density at radius 2 is 1.76 bits per heavy atom. The summed E-state index contributed by atoms with van der Waals surface area (Å²) in [6.07, 6.45) is 0. The highest BCUT2D eigenvalue weighted by atomic mass is 35.5. The lowest BCUT2D eigenvalue weighted by Gasteiger charge is -2.17. The number of nitrogens with one attached hydrogen (secondary N) is 2. The highest BCUT2D eigenvalue weighted by Gasteiger charge is 2.06. The van der Waals surface area contributed by atoms with Crippen molar-refractivity contribution in [3.8, 4) is 0 Å². The summed E-state index contributed by atoms with van der Waals surface area (Å²) in [5, 5.41) is 7.57. The fourth-order valence-electron chi connectivity index (χ4n) is 1.87. The molecule has 0 amide bonds. The normalized spacial score (nSPS) is 11.8. The Hall–Kier alpha value is -1.65. The number of rotatable bonds is 4. The van der Waals surface area contributed by atoms with Gasteiger partial charge in [-0.2, -0.15) is 0 Å². The number of hydrogen-bond acceptors (Lipinski definition) is 1. The maximum absolute atomic E-state index is 12.8. The second-order valence-electron chi connectivity index (χ2n) is 4.73. The van der Waals surface area contributed by atoms with Crippen molar-refractivity contribution in [1.82, 2.24) is 10.6 Å². The van der Waals surface area contributed by atoms with Crippen LogP contribution in [0.4, 0.5) is 4.39 Å². The van der Waals surface area contributed by atoms with E-state index in [4.69, 9.17) is 23.8 Å². The van der Waals surface area contributed by atoms with E-state index in [0.29, 0.717) is 16.7 Å². The Kier molecular flexibility index (Phi) is 5.53. The Labute approximate surface area is 134 Å². The molecule has 0 spiro atoms. The van der Waals surface area contributed by atoms with E-state index in [1.807, 2.05) is 31.2 Å². The molecule has 0 aromatic heterocycles. The summed E-state index contributed by atoms with van der Waals surface area (Å²) in [7, 11) is 0. The fourth-order valence-corrected chi connectivity index (χ4v) is 2.24. The molecule has 0 aliphatic carbocycles. The molecular formula is C16H16ClFN2S. The number of hydrogen-bond donors (Lipinski definition) is 2. The second-order valence-corrected chi connectivity index (χ2v) is 5.57. The lowest BCUT2D eigenvalue weighted by Crippen LogP contribution is -2.36. The van der Waals surface area contributed by atoms with Gasteiger partial charge in [0.1, 0.15) is 5.82 Å². The zero-order valence-corrected chi connectivity index (χ0v) is 13.1. The van der Waals surface area contributed by atoms with Crippen LogP contribution in [0.15, 0.2) is 48.5 Å². The fraction of sp³-hybridized carbons (Fsp3) is 0.188. The van der Waals surface area contributed by atoms with Gasteiger partial charge in [-0.1, -0.05) is 35.9 Å². The van der Waals surface area contributed by atoms with Crippen molar-refractivity contribution >= 4 is 28.9 Å². The van der Waals surface area contributed by atoms with E-state index in [1.165, 1.54) is 12.1 Å². The molecule has 0 fully saturated rings. The quantitative estimate of drug-likeness (QED) is 0.825. The zero-order chi connectivity index (χ0) is 15.2. The third kappa shape index (κ3) is 4.99. The van der Waals surface area contributed by atoms with Crippen molar-refractivity contribution in [2.45, 2.75) is 19.5 Å². The van der Waals surface area contributed by atoms with Gasteiger partial charge in [0.2, 0.25) is 0 Å². The highest BCUT2D eigenvalue weighted by Crippen LogP contribution is 2.15. The Morgan fingerprint density at radius 3 is 2.38 bits per heavy atom. The first-order chi connectivity index (χ1) is 10.0. The number of thiocarbonyl (C=S) groups is 1. The van der Waals surface area contributed by atoms with E-state index >= 15 is 0 Å². The van der Waals surface area contributed by atoms with E-state index in [9.17, 15) is 4.39 Å². The summed E-state index contributed by atoms with van der Waals surface area (Å²) < 4.78 is 12.8. The Balaban J connectivity index is 1.83.